The molecule has 1 aromatic carbocycles. The topological polar surface area (TPSA) is 30.5 Å². The first-order valence-corrected chi connectivity index (χ1v) is 6.80. The highest BCUT2D eigenvalue weighted by molar-refractivity contribution is 5.48. The van der Waals surface area contributed by atoms with Crippen LogP contribution in [0.3, 0.4) is 0 Å². The zero-order valence-corrected chi connectivity index (χ0v) is 11.7. The lowest BCUT2D eigenvalue weighted by Gasteiger charge is -2.17. The molecule has 3 atom stereocenters. The predicted molar refractivity (Wildman–Crippen MR) is 72.7 cm³/mol. The Labute approximate surface area is 109 Å². The van der Waals surface area contributed by atoms with Crippen molar-refractivity contribution in [1.29, 1.82) is 0 Å². The second kappa shape index (κ2) is 5.72. The van der Waals surface area contributed by atoms with Gasteiger partial charge in [0.25, 0.3) is 0 Å². The van der Waals surface area contributed by atoms with Crippen LogP contribution < -0.4 is 10.2 Å². The first-order valence-electron chi connectivity index (χ1n) is 6.80. The smallest absolute Gasteiger partial charge is 0.128 e. The Hall–Kier alpha value is -1.06. The van der Waals surface area contributed by atoms with Gasteiger partial charge in [0.1, 0.15) is 11.9 Å². The fourth-order valence-corrected chi connectivity index (χ4v) is 2.57. The molecule has 3 nitrogen and oxygen atoms in total. The maximum Gasteiger partial charge on any atom is 0.128 e. The number of para-hydroxylation sites is 1. The number of nitrogens with one attached hydrogen (secondary N) is 1. The molecule has 3 heteroatoms. The molecule has 100 valence electrons. The molecule has 0 spiro atoms. The third-order valence-corrected chi connectivity index (χ3v) is 3.84. The number of rotatable bonds is 5. The SMILES string of the molecule is CCC(C)c1cccc2c1OC(CC)C2NOC. The lowest BCUT2D eigenvalue weighted by molar-refractivity contribution is 0.0282. The summed E-state index contributed by atoms with van der Waals surface area (Å²) in [7, 11) is 1.66. The normalized spacial score (nSPS) is 23.6. The molecule has 0 aliphatic carbocycles. The Morgan fingerprint density at radius 1 is 1.39 bits per heavy atom. The van der Waals surface area contributed by atoms with Crippen LogP contribution in [0.4, 0.5) is 0 Å². The minimum atomic E-state index is 0.138. The van der Waals surface area contributed by atoms with E-state index in [1.165, 1.54) is 11.1 Å². The van der Waals surface area contributed by atoms with E-state index in [-0.39, 0.29) is 12.1 Å². The van der Waals surface area contributed by atoms with Gasteiger partial charge >= 0.3 is 0 Å². The van der Waals surface area contributed by atoms with E-state index in [4.69, 9.17) is 9.57 Å². The zero-order chi connectivity index (χ0) is 13.1. The van der Waals surface area contributed by atoms with E-state index in [1.807, 2.05) is 0 Å². The van der Waals surface area contributed by atoms with E-state index in [0.717, 1.165) is 18.6 Å². The van der Waals surface area contributed by atoms with Crippen molar-refractivity contribution in [2.75, 3.05) is 7.11 Å². The van der Waals surface area contributed by atoms with Crippen LogP contribution in [0.15, 0.2) is 18.2 Å². The number of hydroxylamine groups is 1. The highest BCUT2D eigenvalue weighted by Crippen LogP contribution is 2.43. The number of benzene rings is 1. The maximum atomic E-state index is 6.13. The van der Waals surface area contributed by atoms with Gasteiger partial charge in [-0.05, 0) is 24.3 Å². The third kappa shape index (κ3) is 2.25. The summed E-state index contributed by atoms with van der Waals surface area (Å²) in [5.41, 5.74) is 5.60. The lowest BCUT2D eigenvalue weighted by atomic mass is 9.93. The molecule has 18 heavy (non-hydrogen) atoms. The largest absolute Gasteiger partial charge is 0.488 e. The van der Waals surface area contributed by atoms with Gasteiger partial charge in [-0.25, -0.2) is 0 Å². The highest BCUT2D eigenvalue weighted by atomic mass is 16.6. The summed E-state index contributed by atoms with van der Waals surface area (Å²) in [5.74, 6) is 1.59. The standard InChI is InChI=1S/C15H23NO2/c1-5-10(3)11-8-7-9-12-14(16-17-4)13(6-2)18-15(11)12/h7-10,13-14,16H,5-6H2,1-4H3. The fourth-order valence-electron chi connectivity index (χ4n) is 2.57. The fraction of sp³-hybridized carbons (Fsp3) is 0.600. The molecule has 0 saturated carbocycles. The third-order valence-electron chi connectivity index (χ3n) is 3.84. The second-order valence-corrected chi connectivity index (χ2v) is 4.94. The molecule has 1 N–H and O–H groups in total. The molecular weight excluding hydrogens is 226 g/mol. The molecular formula is C15H23NO2. The van der Waals surface area contributed by atoms with Gasteiger partial charge in [0.2, 0.25) is 0 Å². The molecule has 0 bridgehead atoms. The van der Waals surface area contributed by atoms with Crippen molar-refractivity contribution in [3.63, 3.8) is 0 Å². The predicted octanol–water partition coefficient (Wildman–Crippen LogP) is 3.56. The van der Waals surface area contributed by atoms with Gasteiger partial charge < -0.3 is 9.57 Å². The monoisotopic (exact) mass is 249 g/mol. The van der Waals surface area contributed by atoms with E-state index < -0.39 is 0 Å². The molecule has 1 heterocycles. The van der Waals surface area contributed by atoms with Gasteiger partial charge in [0, 0.05) is 5.56 Å². The molecule has 0 radical (unpaired) electrons. The van der Waals surface area contributed by atoms with Gasteiger partial charge in [0.05, 0.1) is 13.2 Å². The molecule has 1 aromatic rings. The van der Waals surface area contributed by atoms with Crippen LogP contribution in [0.25, 0.3) is 0 Å². The maximum absolute atomic E-state index is 6.13. The van der Waals surface area contributed by atoms with Crippen LogP contribution in [0, 0.1) is 0 Å². The first-order chi connectivity index (χ1) is 8.72. The molecule has 0 saturated heterocycles. The van der Waals surface area contributed by atoms with Crippen molar-refractivity contribution in [2.24, 2.45) is 0 Å². The Balaban J connectivity index is 2.38. The lowest BCUT2D eigenvalue weighted by Crippen LogP contribution is -2.29. The number of ether oxygens (including phenoxy) is 1. The number of fused-ring (bicyclic) bond motifs is 1. The molecule has 0 fully saturated rings. The van der Waals surface area contributed by atoms with E-state index in [9.17, 15) is 0 Å². The van der Waals surface area contributed by atoms with E-state index in [0.29, 0.717) is 5.92 Å². The molecule has 2 rings (SSSR count). The van der Waals surface area contributed by atoms with Gasteiger partial charge in [-0.3, -0.25) is 0 Å². The summed E-state index contributed by atoms with van der Waals surface area (Å²) in [5, 5.41) is 0. The summed E-state index contributed by atoms with van der Waals surface area (Å²) in [4.78, 5) is 5.11. The van der Waals surface area contributed by atoms with Crippen molar-refractivity contribution in [1.82, 2.24) is 5.48 Å². The zero-order valence-electron chi connectivity index (χ0n) is 11.7. The minimum Gasteiger partial charge on any atom is -0.488 e. The first kappa shape index (κ1) is 13.4. The van der Waals surface area contributed by atoms with Crippen LogP contribution in [-0.2, 0) is 4.84 Å². The molecule has 3 unspecified atom stereocenters. The van der Waals surface area contributed by atoms with Crippen LogP contribution in [0.5, 0.6) is 5.75 Å². The van der Waals surface area contributed by atoms with Crippen molar-refractivity contribution in [3.05, 3.63) is 29.3 Å². The summed E-state index contributed by atoms with van der Waals surface area (Å²) >= 11 is 0. The number of hydrogen-bond acceptors (Lipinski definition) is 3. The average molecular weight is 249 g/mol. The molecule has 0 amide bonds. The summed E-state index contributed by atoms with van der Waals surface area (Å²) < 4.78 is 6.13. The molecule has 0 aromatic heterocycles. The van der Waals surface area contributed by atoms with Gasteiger partial charge in [-0.15, -0.1) is 0 Å². The van der Waals surface area contributed by atoms with Gasteiger partial charge in [0.15, 0.2) is 0 Å². The van der Waals surface area contributed by atoms with Crippen LogP contribution in [-0.4, -0.2) is 13.2 Å². The van der Waals surface area contributed by atoms with E-state index in [2.05, 4.69) is 44.5 Å². The van der Waals surface area contributed by atoms with Crippen LogP contribution in [0.2, 0.25) is 0 Å². The Morgan fingerprint density at radius 2 is 2.17 bits per heavy atom. The quantitative estimate of drug-likeness (QED) is 0.809. The Bertz CT molecular complexity index is 405. The second-order valence-electron chi connectivity index (χ2n) is 4.94. The van der Waals surface area contributed by atoms with Crippen molar-refractivity contribution < 1.29 is 9.57 Å². The van der Waals surface area contributed by atoms with E-state index >= 15 is 0 Å². The highest BCUT2D eigenvalue weighted by Gasteiger charge is 2.35. The Morgan fingerprint density at radius 3 is 2.78 bits per heavy atom. The molecule has 1 aliphatic heterocycles. The van der Waals surface area contributed by atoms with Crippen molar-refractivity contribution >= 4 is 0 Å². The number of hydrogen-bond donors (Lipinski definition) is 1. The van der Waals surface area contributed by atoms with Crippen molar-refractivity contribution in [2.45, 2.75) is 51.7 Å². The van der Waals surface area contributed by atoms with E-state index in [1.54, 1.807) is 7.11 Å². The van der Waals surface area contributed by atoms with Gasteiger partial charge in [-0.2, -0.15) is 5.48 Å². The van der Waals surface area contributed by atoms with Gasteiger partial charge in [-0.1, -0.05) is 39.0 Å². The summed E-state index contributed by atoms with van der Waals surface area (Å²) in [6, 6.07) is 6.56. The summed E-state index contributed by atoms with van der Waals surface area (Å²) in [6.07, 6.45) is 2.25. The average Bonchev–Trinajstić information content (AvgIpc) is 2.76. The van der Waals surface area contributed by atoms with Crippen molar-refractivity contribution in [3.8, 4) is 5.75 Å². The van der Waals surface area contributed by atoms with Crippen LogP contribution in [0.1, 0.15) is 56.7 Å². The summed E-state index contributed by atoms with van der Waals surface area (Å²) in [6.45, 7) is 6.60. The molecule has 1 aliphatic rings. The van der Waals surface area contributed by atoms with Crippen LogP contribution >= 0.6 is 0 Å². The Kier molecular flexibility index (Phi) is 4.25. The minimum absolute atomic E-state index is 0.138.